The van der Waals surface area contributed by atoms with Gasteiger partial charge in [-0.3, -0.25) is 4.79 Å². The van der Waals surface area contributed by atoms with Gasteiger partial charge in [-0.1, -0.05) is 28.1 Å². The lowest BCUT2D eigenvalue weighted by atomic mass is 10.2. The average molecular weight is 484 g/mol. The largest absolute Gasteiger partial charge is 0.378 e. The lowest BCUT2D eigenvalue weighted by molar-refractivity contribution is 0.0296. The molecule has 0 bridgehead atoms. The van der Waals surface area contributed by atoms with Gasteiger partial charge < -0.3 is 14.2 Å². The highest BCUT2D eigenvalue weighted by Gasteiger charge is 2.24. The smallest absolute Gasteiger partial charge is 0.270 e. The van der Waals surface area contributed by atoms with Gasteiger partial charge in [0, 0.05) is 29.5 Å². The second-order valence-electron chi connectivity index (χ2n) is 5.94. The number of thiophene rings is 1. The lowest BCUT2D eigenvalue weighted by Crippen LogP contribution is -2.41. The van der Waals surface area contributed by atoms with Crippen molar-refractivity contribution in [2.45, 2.75) is 6.54 Å². The summed E-state index contributed by atoms with van der Waals surface area (Å²) in [5, 5.41) is 2.08. The van der Waals surface area contributed by atoms with Gasteiger partial charge in [0.1, 0.15) is 5.69 Å². The molecule has 1 amide bonds. The SMILES string of the molecule is O=C(c1cc2scc(Br)c2n1Cc1ccc(Br)cc1)N1CCOCC1. The average Bonchev–Trinajstić information content (AvgIpc) is 3.18. The van der Waals surface area contributed by atoms with Crippen molar-refractivity contribution in [1.82, 2.24) is 9.47 Å². The highest BCUT2D eigenvalue weighted by Crippen LogP contribution is 2.34. The van der Waals surface area contributed by atoms with E-state index >= 15 is 0 Å². The molecule has 25 heavy (non-hydrogen) atoms. The third-order valence-corrected chi connectivity index (χ3v) is 6.70. The standard InChI is InChI=1S/C18H16Br2N2O2S/c19-13-3-1-12(2-4-13)10-22-15(9-16-17(22)14(20)11-25-16)18(23)21-5-7-24-8-6-21/h1-4,9,11H,5-8,10H2. The van der Waals surface area contributed by atoms with E-state index < -0.39 is 0 Å². The quantitative estimate of drug-likeness (QED) is 0.538. The Labute approximate surface area is 166 Å². The Morgan fingerprint density at radius 3 is 2.60 bits per heavy atom. The number of hydrogen-bond acceptors (Lipinski definition) is 3. The monoisotopic (exact) mass is 482 g/mol. The Balaban J connectivity index is 1.75. The molecule has 0 atom stereocenters. The van der Waals surface area contributed by atoms with Crippen LogP contribution in [0.3, 0.4) is 0 Å². The Morgan fingerprint density at radius 1 is 1.16 bits per heavy atom. The second kappa shape index (κ2) is 7.23. The Kier molecular flexibility index (Phi) is 4.99. The molecule has 7 heteroatoms. The number of morpholine rings is 1. The Hall–Kier alpha value is -1.15. The summed E-state index contributed by atoms with van der Waals surface area (Å²) in [7, 11) is 0. The fourth-order valence-corrected chi connectivity index (χ4v) is 5.03. The second-order valence-corrected chi connectivity index (χ2v) is 8.62. The molecule has 0 unspecified atom stereocenters. The fraction of sp³-hybridized carbons (Fsp3) is 0.278. The number of benzene rings is 1. The molecule has 0 aliphatic carbocycles. The van der Waals surface area contributed by atoms with E-state index in [0.717, 1.165) is 30.4 Å². The van der Waals surface area contributed by atoms with Crippen LogP contribution in [0.25, 0.3) is 10.2 Å². The number of carbonyl (C=O) groups excluding carboxylic acids is 1. The zero-order valence-corrected chi connectivity index (χ0v) is 17.4. The lowest BCUT2D eigenvalue weighted by Gasteiger charge is -2.27. The molecule has 0 N–H and O–H groups in total. The van der Waals surface area contributed by atoms with Gasteiger partial charge in [0.2, 0.25) is 0 Å². The first kappa shape index (κ1) is 17.3. The number of halogens is 2. The normalized spacial score (nSPS) is 15.0. The van der Waals surface area contributed by atoms with Crippen LogP contribution in [-0.2, 0) is 11.3 Å². The summed E-state index contributed by atoms with van der Waals surface area (Å²) in [6.45, 7) is 3.18. The number of ether oxygens (including phenoxy) is 1. The van der Waals surface area contributed by atoms with E-state index in [2.05, 4.69) is 53.9 Å². The van der Waals surface area contributed by atoms with Crippen LogP contribution in [0, 0.1) is 0 Å². The van der Waals surface area contributed by atoms with Crippen molar-refractivity contribution in [3.63, 3.8) is 0 Å². The highest BCUT2D eigenvalue weighted by atomic mass is 79.9. The molecular weight excluding hydrogens is 468 g/mol. The highest BCUT2D eigenvalue weighted by molar-refractivity contribution is 9.11. The molecule has 1 saturated heterocycles. The number of nitrogens with zero attached hydrogens (tertiary/aromatic N) is 2. The topological polar surface area (TPSA) is 34.5 Å². The fourth-order valence-electron chi connectivity index (χ4n) is 3.07. The minimum atomic E-state index is 0.0794. The Bertz CT molecular complexity index is 911. The third kappa shape index (κ3) is 3.43. The van der Waals surface area contributed by atoms with Crippen molar-refractivity contribution in [2.75, 3.05) is 26.3 Å². The molecule has 4 nitrogen and oxygen atoms in total. The number of amides is 1. The maximum atomic E-state index is 13.1. The summed E-state index contributed by atoms with van der Waals surface area (Å²) < 4.78 is 10.7. The molecule has 4 rings (SSSR count). The van der Waals surface area contributed by atoms with Crippen LogP contribution in [0.4, 0.5) is 0 Å². The Morgan fingerprint density at radius 2 is 1.88 bits per heavy atom. The van der Waals surface area contributed by atoms with Crippen LogP contribution in [0.2, 0.25) is 0 Å². The number of hydrogen-bond donors (Lipinski definition) is 0. The first-order chi connectivity index (χ1) is 12.1. The van der Waals surface area contributed by atoms with Crippen molar-refractivity contribution >= 4 is 59.3 Å². The molecule has 1 aromatic carbocycles. The number of fused-ring (bicyclic) bond motifs is 1. The maximum Gasteiger partial charge on any atom is 0.270 e. The summed E-state index contributed by atoms with van der Waals surface area (Å²) in [6, 6.07) is 10.2. The minimum absolute atomic E-state index is 0.0794. The van der Waals surface area contributed by atoms with Crippen LogP contribution in [0.15, 0.2) is 44.7 Å². The van der Waals surface area contributed by atoms with Crippen molar-refractivity contribution < 1.29 is 9.53 Å². The first-order valence-corrected chi connectivity index (χ1v) is 10.5. The number of carbonyl (C=O) groups is 1. The molecule has 1 aliphatic heterocycles. The molecule has 0 spiro atoms. The van der Waals surface area contributed by atoms with Gasteiger partial charge in [-0.2, -0.15) is 0 Å². The molecule has 0 saturated carbocycles. The predicted octanol–water partition coefficient (Wildman–Crippen LogP) is 4.75. The van der Waals surface area contributed by atoms with Gasteiger partial charge in [-0.15, -0.1) is 11.3 Å². The molecule has 3 aromatic rings. The molecule has 130 valence electrons. The maximum absolute atomic E-state index is 13.1. The number of aromatic nitrogens is 1. The van der Waals surface area contributed by atoms with E-state index in [4.69, 9.17) is 4.74 Å². The van der Waals surface area contributed by atoms with Crippen LogP contribution >= 0.6 is 43.2 Å². The summed E-state index contributed by atoms with van der Waals surface area (Å²) in [4.78, 5) is 15.0. The van der Waals surface area contributed by atoms with Gasteiger partial charge in [0.25, 0.3) is 5.91 Å². The molecule has 2 aromatic heterocycles. The molecular formula is C18H16Br2N2O2S. The summed E-state index contributed by atoms with van der Waals surface area (Å²) in [6.07, 6.45) is 0. The van der Waals surface area contributed by atoms with E-state index in [1.54, 1.807) is 11.3 Å². The van der Waals surface area contributed by atoms with E-state index in [1.165, 1.54) is 0 Å². The van der Waals surface area contributed by atoms with Crippen LogP contribution < -0.4 is 0 Å². The van der Waals surface area contributed by atoms with Gasteiger partial charge >= 0.3 is 0 Å². The predicted molar refractivity (Wildman–Crippen MR) is 107 cm³/mol. The van der Waals surface area contributed by atoms with Gasteiger partial charge in [0.15, 0.2) is 0 Å². The van der Waals surface area contributed by atoms with Gasteiger partial charge in [-0.25, -0.2) is 0 Å². The van der Waals surface area contributed by atoms with Crippen LogP contribution in [0.1, 0.15) is 16.1 Å². The van der Waals surface area contributed by atoms with E-state index in [0.29, 0.717) is 32.8 Å². The molecule has 3 heterocycles. The molecule has 0 radical (unpaired) electrons. The third-order valence-electron chi connectivity index (χ3n) is 4.35. The summed E-state index contributed by atoms with van der Waals surface area (Å²) in [5.41, 5.74) is 2.99. The molecule has 1 aliphatic rings. The summed E-state index contributed by atoms with van der Waals surface area (Å²) in [5.74, 6) is 0.0794. The van der Waals surface area contributed by atoms with Gasteiger partial charge in [-0.05, 0) is 39.7 Å². The van der Waals surface area contributed by atoms with Crippen molar-refractivity contribution in [2.24, 2.45) is 0 Å². The van der Waals surface area contributed by atoms with Crippen LogP contribution in [0.5, 0.6) is 0 Å². The van der Waals surface area contributed by atoms with E-state index in [9.17, 15) is 4.79 Å². The van der Waals surface area contributed by atoms with Crippen molar-refractivity contribution in [3.05, 3.63) is 55.9 Å². The minimum Gasteiger partial charge on any atom is -0.378 e. The van der Waals surface area contributed by atoms with Crippen molar-refractivity contribution in [1.29, 1.82) is 0 Å². The van der Waals surface area contributed by atoms with E-state index in [1.807, 2.05) is 23.1 Å². The van der Waals surface area contributed by atoms with Gasteiger partial charge in [0.05, 0.1) is 27.9 Å². The van der Waals surface area contributed by atoms with Crippen molar-refractivity contribution in [3.8, 4) is 0 Å². The molecule has 1 fully saturated rings. The zero-order chi connectivity index (χ0) is 17.4. The zero-order valence-electron chi connectivity index (χ0n) is 13.4. The first-order valence-electron chi connectivity index (χ1n) is 8.01. The summed E-state index contributed by atoms with van der Waals surface area (Å²) >= 11 is 8.77. The number of rotatable bonds is 3. The van der Waals surface area contributed by atoms with E-state index in [-0.39, 0.29) is 5.91 Å². The van der Waals surface area contributed by atoms with Crippen LogP contribution in [-0.4, -0.2) is 41.7 Å².